The highest BCUT2D eigenvalue weighted by molar-refractivity contribution is 14.1. The number of thiazole rings is 1. The molecule has 2 aromatic heterocycles. The summed E-state index contributed by atoms with van der Waals surface area (Å²) in [6.07, 6.45) is 0. The number of anilines is 1. The molecule has 1 aromatic carbocycles. The van der Waals surface area contributed by atoms with Crippen LogP contribution in [0.4, 0.5) is 5.69 Å². The van der Waals surface area contributed by atoms with Crippen molar-refractivity contribution in [2.45, 2.75) is 0 Å². The van der Waals surface area contributed by atoms with E-state index in [0.29, 0.717) is 0 Å². The van der Waals surface area contributed by atoms with Crippen LogP contribution in [0, 0.1) is 3.70 Å². The Bertz CT molecular complexity index is 691. The normalized spacial score (nSPS) is 10.8. The van der Waals surface area contributed by atoms with Crippen molar-refractivity contribution in [2.75, 3.05) is 12.4 Å². The van der Waals surface area contributed by atoms with Gasteiger partial charge in [0.05, 0.1) is 0 Å². The Labute approximate surface area is 122 Å². The van der Waals surface area contributed by atoms with Gasteiger partial charge in [-0.3, -0.25) is 0 Å². The predicted molar refractivity (Wildman–Crippen MR) is 85.1 cm³/mol. The Kier molecular flexibility index (Phi) is 3.17. The van der Waals surface area contributed by atoms with Gasteiger partial charge in [0, 0.05) is 18.3 Å². The molecule has 0 aliphatic heterocycles. The average Bonchev–Trinajstić information content (AvgIpc) is 2.81. The Morgan fingerprint density at radius 2 is 1.83 bits per heavy atom. The molecule has 0 unspecified atom stereocenters. The van der Waals surface area contributed by atoms with Crippen LogP contribution >= 0.6 is 33.9 Å². The summed E-state index contributed by atoms with van der Waals surface area (Å²) in [5, 5.41) is 4.13. The zero-order valence-electron chi connectivity index (χ0n) is 9.64. The second-order valence-corrected chi connectivity index (χ2v) is 5.89. The zero-order chi connectivity index (χ0) is 12.5. The van der Waals surface area contributed by atoms with E-state index in [0.717, 1.165) is 30.3 Å². The van der Waals surface area contributed by atoms with Crippen molar-refractivity contribution in [2.24, 2.45) is 0 Å². The third-order valence-corrected chi connectivity index (χ3v) is 4.26. The van der Waals surface area contributed by atoms with Gasteiger partial charge in [-0.15, -0.1) is 0 Å². The van der Waals surface area contributed by atoms with Crippen LogP contribution in [0.15, 0.2) is 36.4 Å². The number of rotatable bonds is 2. The van der Waals surface area contributed by atoms with E-state index in [1.165, 1.54) is 0 Å². The summed E-state index contributed by atoms with van der Waals surface area (Å²) in [5.41, 5.74) is 3.20. The lowest BCUT2D eigenvalue weighted by Crippen LogP contribution is -1.86. The van der Waals surface area contributed by atoms with Crippen molar-refractivity contribution in [3.05, 3.63) is 40.1 Å². The van der Waals surface area contributed by atoms with Crippen molar-refractivity contribution >= 4 is 50.0 Å². The van der Waals surface area contributed by atoms with E-state index < -0.39 is 0 Å². The van der Waals surface area contributed by atoms with Crippen molar-refractivity contribution in [3.8, 4) is 10.6 Å². The molecule has 2 heterocycles. The highest BCUT2D eigenvalue weighted by Gasteiger charge is 2.07. The van der Waals surface area contributed by atoms with Crippen LogP contribution in [0.2, 0.25) is 0 Å². The van der Waals surface area contributed by atoms with Gasteiger partial charge >= 0.3 is 0 Å². The van der Waals surface area contributed by atoms with Crippen LogP contribution in [0.5, 0.6) is 0 Å². The van der Waals surface area contributed by atoms with Crippen molar-refractivity contribution in [1.29, 1.82) is 0 Å². The summed E-state index contributed by atoms with van der Waals surface area (Å²) in [4.78, 5) is 10.1. The predicted octanol–water partition coefficient (Wildman–Crippen LogP) is 4.00. The lowest BCUT2D eigenvalue weighted by molar-refractivity contribution is 1.35. The molecule has 18 heavy (non-hydrogen) atoms. The van der Waals surface area contributed by atoms with Crippen molar-refractivity contribution < 1.29 is 0 Å². The van der Waals surface area contributed by atoms with Crippen LogP contribution in [-0.4, -0.2) is 17.0 Å². The summed E-state index contributed by atoms with van der Waals surface area (Å²) in [6.45, 7) is 0. The Balaban J connectivity index is 2.07. The molecule has 0 spiro atoms. The van der Waals surface area contributed by atoms with Gasteiger partial charge in [-0.25, -0.2) is 9.97 Å². The number of benzene rings is 1. The number of nitrogens with one attached hydrogen (secondary N) is 1. The van der Waals surface area contributed by atoms with Crippen LogP contribution < -0.4 is 5.32 Å². The number of hydrogen-bond acceptors (Lipinski definition) is 4. The van der Waals surface area contributed by atoms with Crippen LogP contribution in [0.25, 0.3) is 20.9 Å². The topological polar surface area (TPSA) is 37.8 Å². The first-order chi connectivity index (χ1) is 8.76. The Morgan fingerprint density at radius 3 is 2.56 bits per heavy atom. The molecule has 0 bridgehead atoms. The molecule has 5 heteroatoms. The molecule has 90 valence electrons. The Hall–Kier alpha value is -1.21. The summed E-state index contributed by atoms with van der Waals surface area (Å²) in [5.74, 6) is 0. The number of hydrogen-bond donors (Lipinski definition) is 1. The summed E-state index contributed by atoms with van der Waals surface area (Å²) in [6, 6.07) is 12.3. The van der Waals surface area contributed by atoms with Crippen LogP contribution in [0.1, 0.15) is 0 Å². The molecule has 0 saturated carbocycles. The van der Waals surface area contributed by atoms with E-state index in [1.54, 1.807) is 11.3 Å². The van der Waals surface area contributed by atoms with E-state index >= 15 is 0 Å². The highest BCUT2D eigenvalue weighted by Crippen LogP contribution is 2.29. The molecule has 0 atom stereocenters. The molecular weight excluding hydrogens is 357 g/mol. The third-order valence-electron chi connectivity index (χ3n) is 2.64. The van der Waals surface area contributed by atoms with E-state index in [2.05, 4.69) is 62.1 Å². The third kappa shape index (κ3) is 2.20. The highest BCUT2D eigenvalue weighted by atomic mass is 127. The molecule has 0 aliphatic carbocycles. The molecule has 3 rings (SSSR count). The van der Waals surface area contributed by atoms with Gasteiger partial charge in [0.25, 0.3) is 0 Å². The van der Waals surface area contributed by atoms with E-state index in [-0.39, 0.29) is 0 Å². The van der Waals surface area contributed by atoms with Gasteiger partial charge in [0.2, 0.25) is 0 Å². The molecule has 0 saturated heterocycles. The second kappa shape index (κ2) is 4.81. The number of halogens is 1. The number of nitrogens with zero attached hydrogens (tertiary/aromatic N) is 2. The minimum atomic E-state index is 0.966. The van der Waals surface area contributed by atoms with Gasteiger partial charge < -0.3 is 5.32 Å². The lowest BCUT2D eigenvalue weighted by atomic mass is 10.2. The molecule has 3 nitrogen and oxygen atoms in total. The second-order valence-electron chi connectivity index (χ2n) is 3.80. The summed E-state index contributed by atoms with van der Waals surface area (Å²) < 4.78 is 1.00. The van der Waals surface area contributed by atoms with Crippen LogP contribution in [0.3, 0.4) is 0 Å². The maximum atomic E-state index is 4.61. The quantitative estimate of drug-likeness (QED) is 0.550. The fourth-order valence-electron chi connectivity index (χ4n) is 1.70. The maximum Gasteiger partial charge on any atom is 0.145 e. The first-order valence-electron chi connectivity index (χ1n) is 5.47. The van der Waals surface area contributed by atoms with E-state index in [1.807, 2.05) is 19.2 Å². The largest absolute Gasteiger partial charge is 0.388 e. The fraction of sp³-hybridized carbons (Fsp3) is 0.0769. The molecule has 0 amide bonds. The van der Waals surface area contributed by atoms with Gasteiger partial charge in [0.1, 0.15) is 19.1 Å². The smallest absolute Gasteiger partial charge is 0.145 e. The SMILES string of the molecule is CNc1ccc(-c2nc3ccc(I)nc3s2)cc1. The molecule has 3 aromatic rings. The van der Waals surface area contributed by atoms with E-state index in [9.17, 15) is 0 Å². The number of fused-ring (bicyclic) bond motifs is 1. The lowest BCUT2D eigenvalue weighted by Gasteiger charge is -2.00. The number of aromatic nitrogens is 2. The van der Waals surface area contributed by atoms with Gasteiger partial charge in [-0.05, 0) is 59.0 Å². The van der Waals surface area contributed by atoms with Gasteiger partial charge in [-0.2, -0.15) is 0 Å². The maximum absolute atomic E-state index is 4.61. The van der Waals surface area contributed by atoms with Crippen molar-refractivity contribution in [3.63, 3.8) is 0 Å². The standard InChI is InChI=1S/C13H10IN3S/c1-15-9-4-2-8(3-5-9)12-16-10-6-7-11(14)17-13(10)18-12/h2-7,15H,1H3. The summed E-state index contributed by atoms with van der Waals surface area (Å²) >= 11 is 3.85. The molecule has 0 fully saturated rings. The minimum Gasteiger partial charge on any atom is -0.388 e. The summed E-state index contributed by atoms with van der Waals surface area (Å²) in [7, 11) is 1.92. The minimum absolute atomic E-state index is 0.966. The van der Waals surface area contributed by atoms with Gasteiger partial charge in [-0.1, -0.05) is 11.3 Å². The zero-order valence-corrected chi connectivity index (χ0v) is 12.6. The van der Waals surface area contributed by atoms with Crippen LogP contribution in [-0.2, 0) is 0 Å². The monoisotopic (exact) mass is 367 g/mol. The molecule has 0 radical (unpaired) electrons. The van der Waals surface area contributed by atoms with E-state index in [4.69, 9.17) is 0 Å². The molecular formula is C13H10IN3S. The fourth-order valence-corrected chi connectivity index (χ4v) is 3.23. The van der Waals surface area contributed by atoms with Gasteiger partial charge in [0.15, 0.2) is 0 Å². The number of pyridine rings is 1. The van der Waals surface area contributed by atoms with Crippen molar-refractivity contribution in [1.82, 2.24) is 9.97 Å². The molecule has 1 N–H and O–H groups in total. The first kappa shape index (κ1) is 11.9. The average molecular weight is 367 g/mol. The first-order valence-corrected chi connectivity index (χ1v) is 7.37. The molecule has 0 aliphatic rings. The Morgan fingerprint density at radius 1 is 1.06 bits per heavy atom.